The molecule has 2 amide bonds. The average Bonchev–Trinajstić information content (AvgIpc) is 3.51. The number of thioether (sulfide) groups is 1. The number of carbonyl (C=O) groups excluding carboxylic acids is 3. The molecule has 0 radical (unpaired) electrons. The standard InChI is InChI=1S/C27H41NO3S/c1-4-6-18-16(5-2)9-10-20-19(18)11-12-27(3)22(13-21(25(20)27)17-7-8-17)23(29)14-28-24(30)15-32-26(28)31/h16-22,25H,4-15H2,1-3H3. The van der Waals surface area contributed by atoms with E-state index in [1.54, 1.807) is 0 Å². The SMILES string of the molecule is CCCC1C(CC)CCC2C1CCC1(C)C(C(=O)CN3C(=O)CSC3=O)CC(C3CC3)C21. The maximum atomic E-state index is 13.6. The second-order valence-corrected chi connectivity index (χ2v) is 12.8. The van der Waals surface area contributed by atoms with Crippen molar-refractivity contribution in [1.29, 1.82) is 0 Å². The number of hydrogen-bond donors (Lipinski definition) is 0. The number of Topliss-reactive ketones (excluding diaryl/α,β-unsaturated/α-hetero) is 1. The van der Waals surface area contributed by atoms with Gasteiger partial charge in [-0.3, -0.25) is 19.3 Å². The number of hydrogen-bond acceptors (Lipinski definition) is 4. The first-order chi connectivity index (χ1) is 15.4. The number of nitrogens with zero attached hydrogens (tertiary/aromatic N) is 1. The third kappa shape index (κ3) is 3.69. The molecule has 5 rings (SSSR count). The molecule has 0 aromatic heterocycles. The first-order valence-corrected chi connectivity index (χ1v) is 14.4. The molecule has 0 aromatic rings. The van der Waals surface area contributed by atoms with Crippen molar-refractivity contribution in [2.24, 2.45) is 52.8 Å². The van der Waals surface area contributed by atoms with Crippen molar-refractivity contribution in [3.63, 3.8) is 0 Å². The first-order valence-electron chi connectivity index (χ1n) is 13.4. The third-order valence-corrected chi connectivity index (χ3v) is 11.4. The van der Waals surface area contributed by atoms with Crippen molar-refractivity contribution in [1.82, 2.24) is 4.90 Å². The van der Waals surface area contributed by atoms with E-state index in [4.69, 9.17) is 0 Å². The van der Waals surface area contributed by atoms with Crippen molar-refractivity contribution < 1.29 is 14.4 Å². The van der Waals surface area contributed by atoms with Crippen LogP contribution in [0.3, 0.4) is 0 Å². The topological polar surface area (TPSA) is 54.5 Å². The van der Waals surface area contributed by atoms with E-state index in [1.165, 1.54) is 56.3 Å². The molecule has 5 fully saturated rings. The van der Waals surface area contributed by atoms with Crippen LogP contribution in [0.1, 0.15) is 85.0 Å². The van der Waals surface area contributed by atoms with Crippen LogP contribution in [-0.4, -0.2) is 34.1 Å². The van der Waals surface area contributed by atoms with E-state index in [2.05, 4.69) is 20.8 Å². The molecule has 1 aliphatic heterocycles. The predicted molar refractivity (Wildman–Crippen MR) is 128 cm³/mol. The highest BCUT2D eigenvalue weighted by Crippen LogP contribution is 2.68. The molecule has 8 unspecified atom stereocenters. The fraction of sp³-hybridized carbons (Fsp3) is 0.889. The summed E-state index contributed by atoms with van der Waals surface area (Å²) in [6, 6.07) is 0. The van der Waals surface area contributed by atoms with E-state index in [1.807, 2.05) is 0 Å². The molecule has 5 heteroatoms. The lowest BCUT2D eigenvalue weighted by atomic mass is 9.49. The molecular formula is C27H41NO3S. The Bertz CT molecular complexity index is 763. The van der Waals surface area contributed by atoms with Crippen LogP contribution in [-0.2, 0) is 9.59 Å². The van der Waals surface area contributed by atoms with Crippen LogP contribution in [0, 0.1) is 52.8 Å². The largest absolute Gasteiger partial charge is 0.297 e. The summed E-state index contributed by atoms with van der Waals surface area (Å²) < 4.78 is 0. The van der Waals surface area contributed by atoms with Crippen molar-refractivity contribution in [3.05, 3.63) is 0 Å². The normalized spacial score (nSPS) is 44.0. The molecule has 4 aliphatic carbocycles. The van der Waals surface area contributed by atoms with Gasteiger partial charge in [0.25, 0.3) is 5.24 Å². The van der Waals surface area contributed by atoms with Gasteiger partial charge in [-0.15, -0.1) is 0 Å². The van der Waals surface area contributed by atoms with Gasteiger partial charge in [-0.05, 0) is 91.8 Å². The summed E-state index contributed by atoms with van der Waals surface area (Å²) in [6.07, 6.45) is 12.8. The summed E-state index contributed by atoms with van der Waals surface area (Å²) in [6.45, 7) is 7.16. The third-order valence-electron chi connectivity index (χ3n) is 10.5. The fourth-order valence-corrected chi connectivity index (χ4v) is 9.73. The van der Waals surface area contributed by atoms with Crippen LogP contribution < -0.4 is 0 Å². The van der Waals surface area contributed by atoms with Gasteiger partial charge >= 0.3 is 0 Å². The molecule has 0 aromatic carbocycles. The lowest BCUT2D eigenvalue weighted by Gasteiger charge is -2.56. The second kappa shape index (κ2) is 8.74. The summed E-state index contributed by atoms with van der Waals surface area (Å²) in [4.78, 5) is 39.1. The zero-order valence-electron chi connectivity index (χ0n) is 20.2. The van der Waals surface area contributed by atoms with Crippen molar-refractivity contribution >= 4 is 28.7 Å². The maximum absolute atomic E-state index is 13.6. The van der Waals surface area contributed by atoms with Crippen molar-refractivity contribution in [2.75, 3.05) is 12.3 Å². The number of ketones is 1. The van der Waals surface area contributed by atoms with Crippen LogP contribution >= 0.6 is 11.8 Å². The Balaban J connectivity index is 1.41. The van der Waals surface area contributed by atoms with Crippen LogP contribution in [0.4, 0.5) is 4.79 Å². The van der Waals surface area contributed by atoms with Gasteiger partial charge in [0.2, 0.25) is 5.91 Å². The minimum atomic E-state index is -0.231. The van der Waals surface area contributed by atoms with Crippen molar-refractivity contribution in [3.8, 4) is 0 Å². The molecule has 0 N–H and O–H groups in total. The number of amides is 2. The second-order valence-electron chi connectivity index (χ2n) is 11.9. The highest BCUT2D eigenvalue weighted by atomic mass is 32.2. The van der Waals surface area contributed by atoms with E-state index in [9.17, 15) is 14.4 Å². The molecular weight excluding hydrogens is 418 g/mol. The van der Waals surface area contributed by atoms with E-state index >= 15 is 0 Å². The van der Waals surface area contributed by atoms with Gasteiger partial charge in [0, 0.05) is 5.92 Å². The van der Waals surface area contributed by atoms with E-state index in [-0.39, 0.29) is 40.6 Å². The molecule has 0 bridgehead atoms. The van der Waals surface area contributed by atoms with Crippen LogP contribution in [0.5, 0.6) is 0 Å². The zero-order valence-corrected chi connectivity index (χ0v) is 21.0. The van der Waals surface area contributed by atoms with Gasteiger partial charge in [-0.25, -0.2) is 0 Å². The number of imide groups is 1. The van der Waals surface area contributed by atoms with Gasteiger partial charge in [0.15, 0.2) is 5.78 Å². The predicted octanol–water partition coefficient (Wildman–Crippen LogP) is 6.18. The summed E-state index contributed by atoms with van der Waals surface area (Å²) in [5.41, 5.74) is 0.0558. The van der Waals surface area contributed by atoms with Gasteiger partial charge in [0.1, 0.15) is 0 Å². The minimum absolute atomic E-state index is 0.0134. The van der Waals surface area contributed by atoms with E-state index < -0.39 is 0 Å². The molecule has 5 aliphatic rings. The van der Waals surface area contributed by atoms with Crippen LogP contribution in [0.2, 0.25) is 0 Å². The minimum Gasteiger partial charge on any atom is -0.297 e. The quantitative estimate of drug-likeness (QED) is 0.456. The molecule has 4 saturated carbocycles. The lowest BCUT2D eigenvalue weighted by Crippen LogP contribution is -2.50. The molecule has 32 heavy (non-hydrogen) atoms. The molecule has 1 saturated heterocycles. The molecule has 178 valence electrons. The van der Waals surface area contributed by atoms with Crippen molar-refractivity contribution in [2.45, 2.75) is 85.0 Å². The fourth-order valence-electron chi connectivity index (χ4n) is 9.01. The summed E-state index contributed by atoms with van der Waals surface area (Å²) in [7, 11) is 0. The Morgan fingerprint density at radius 2 is 1.84 bits per heavy atom. The zero-order chi connectivity index (χ0) is 22.6. The Morgan fingerprint density at radius 1 is 1.06 bits per heavy atom. The summed E-state index contributed by atoms with van der Waals surface area (Å²) >= 11 is 1.04. The van der Waals surface area contributed by atoms with Crippen LogP contribution in [0.15, 0.2) is 0 Å². The first kappa shape index (κ1) is 22.9. The lowest BCUT2D eigenvalue weighted by molar-refractivity contribution is -0.135. The van der Waals surface area contributed by atoms with Crippen LogP contribution in [0.25, 0.3) is 0 Å². The molecule has 0 spiro atoms. The Hall–Kier alpha value is -0.840. The smallest absolute Gasteiger partial charge is 0.289 e. The van der Waals surface area contributed by atoms with Gasteiger partial charge in [0.05, 0.1) is 12.3 Å². The van der Waals surface area contributed by atoms with E-state index in [0.29, 0.717) is 11.8 Å². The summed E-state index contributed by atoms with van der Waals surface area (Å²) in [5.74, 6) is 5.76. The highest BCUT2D eigenvalue weighted by Gasteiger charge is 2.63. The molecule has 4 nitrogen and oxygen atoms in total. The number of carbonyl (C=O) groups is 3. The highest BCUT2D eigenvalue weighted by molar-refractivity contribution is 8.14. The summed E-state index contributed by atoms with van der Waals surface area (Å²) in [5, 5.41) is -0.231. The van der Waals surface area contributed by atoms with Gasteiger partial charge in [-0.2, -0.15) is 0 Å². The van der Waals surface area contributed by atoms with Gasteiger partial charge < -0.3 is 0 Å². The molecule has 1 heterocycles. The number of fused-ring (bicyclic) bond motifs is 3. The molecule has 8 atom stereocenters. The van der Waals surface area contributed by atoms with Gasteiger partial charge in [-0.1, -0.05) is 51.8 Å². The maximum Gasteiger partial charge on any atom is 0.289 e. The Morgan fingerprint density at radius 3 is 2.47 bits per heavy atom. The Kier molecular flexibility index (Phi) is 6.26. The number of rotatable bonds is 7. The average molecular weight is 460 g/mol. The Labute approximate surface area is 198 Å². The monoisotopic (exact) mass is 459 g/mol. The van der Waals surface area contributed by atoms with E-state index in [0.717, 1.165) is 54.2 Å².